The molecule has 0 aliphatic carbocycles. The first-order chi connectivity index (χ1) is 18.2. The third-order valence-electron chi connectivity index (χ3n) is 5.76. The maximum atomic E-state index is 14.0. The molecule has 10 heteroatoms. The Morgan fingerprint density at radius 1 is 0.974 bits per heavy atom. The zero-order valence-electron chi connectivity index (χ0n) is 23.7. The number of ether oxygens (including phenoxy) is 2. The lowest BCUT2D eigenvalue weighted by molar-refractivity contribution is -0.143. The summed E-state index contributed by atoms with van der Waals surface area (Å²) < 4.78 is 10.5. The van der Waals surface area contributed by atoms with Crippen LogP contribution in [0.5, 0.6) is 5.75 Å². The summed E-state index contributed by atoms with van der Waals surface area (Å²) in [5, 5.41) is 5.46. The van der Waals surface area contributed by atoms with Crippen LogP contribution >= 0.6 is 0 Å². The minimum Gasteiger partial charge on any atom is -0.497 e. The number of primary amides is 1. The van der Waals surface area contributed by atoms with E-state index in [-0.39, 0.29) is 12.8 Å². The van der Waals surface area contributed by atoms with E-state index < -0.39 is 47.5 Å². The Morgan fingerprint density at radius 3 is 2.05 bits per heavy atom. The van der Waals surface area contributed by atoms with Crippen LogP contribution < -0.4 is 21.1 Å². The number of hydrogen-bond acceptors (Lipinski definition) is 6. The second-order valence-corrected chi connectivity index (χ2v) is 10.6. The van der Waals surface area contributed by atoms with E-state index in [0.29, 0.717) is 17.0 Å². The molecule has 0 aliphatic rings. The fourth-order valence-electron chi connectivity index (χ4n) is 3.93. The summed E-state index contributed by atoms with van der Waals surface area (Å²) in [6.45, 7) is 10.6. The Balaban J connectivity index is 2.49. The van der Waals surface area contributed by atoms with Crippen molar-refractivity contribution in [2.45, 2.75) is 78.1 Å². The zero-order chi connectivity index (χ0) is 29.3. The highest BCUT2D eigenvalue weighted by Gasteiger charge is 2.38. The van der Waals surface area contributed by atoms with Crippen LogP contribution in [0.4, 0.5) is 10.5 Å². The maximum Gasteiger partial charge on any atom is 0.408 e. The molecular formula is C29H40N4O6. The molecule has 212 valence electrons. The number of hydrogen-bond donors (Lipinski definition) is 3. The monoisotopic (exact) mass is 540 g/mol. The summed E-state index contributed by atoms with van der Waals surface area (Å²) >= 11 is 0. The normalized spacial score (nSPS) is 12.7. The fourth-order valence-corrected chi connectivity index (χ4v) is 3.93. The molecule has 0 aromatic heterocycles. The van der Waals surface area contributed by atoms with Gasteiger partial charge in [0.25, 0.3) is 5.91 Å². The predicted molar refractivity (Wildman–Crippen MR) is 149 cm³/mol. The van der Waals surface area contributed by atoms with Crippen molar-refractivity contribution in [3.63, 3.8) is 0 Å². The van der Waals surface area contributed by atoms with Crippen LogP contribution in [0.25, 0.3) is 0 Å². The number of carbonyl (C=O) groups is 4. The average molecular weight is 541 g/mol. The average Bonchev–Trinajstić information content (AvgIpc) is 2.84. The summed E-state index contributed by atoms with van der Waals surface area (Å²) in [6.07, 6.45) is -1.02. The molecular weight excluding hydrogens is 500 g/mol. The molecule has 0 heterocycles. The van der Waals surface area contributed by atoms with Gasteiger partial charge in [0.05, 0.1) is 7.11 Å². The fraction of sp³-hybridized carbons (Fsp3) is 0.448. The van der Waals surface area contributed by atoms with Crippen molar-refractivity contribution in [2.24, 2.45) is 5.73 Å². The maximum absolute atomic E-state index is 14.0. The molecule has 0 radical (unpaired) electrons. The van der Waals surface area contributed by atoms with Crippen molar-refractivity contribution in [1.29, 1.82) is 0 Å². The van der Waals surface area contributed by atoms with E-state index in [2.05, 4.69) is 10.6 Å². The van der Waals surface area contributed by atoms with E-state index in [0.717, 1.165) is 5.56 Å². The van der Waals surface area contributed by atoms with E-state index in [4.69, 9.17) is 15.2 Å². The molecule has 0 saturated heterocycles. The van der Waals surface area contributed by atoms with Gasteiger partial charge in [0.2, 0.25) is 11.8 Å². The standard InChI is InChI=1S/C29H40N4O6/c1-18(2)33(27(36)23(16-17-24(30)34)32-28(37)39-29(4,5)6)25(20-10-8-19(3)9-11-20)26(35)31-21-12-14-22(38-7)15-13-21/h8-15,18,23,25H,16-17H2,1-7H3,(H2,30,34)(H,31,35)(H,32,37). The quantitative estimate of drug-likeness (QED) is 0.392. The molecule has 2 rings (SSSR count). The first kappa shape index (κ1) is 31.1. The molecule has 0 bridgehead atoms. The molecule has 2 unspecified atom stereocenters. The van der Waals surface area contributed by atoms with Crippen LogP contribution in [-0.4, -0.2) is 53.5 Å². The SMILES string of the molecule is COc1ccc(NC(=O)C(c2ccc(C)cc2)N(C(=O)C(CCC(N)=O)NC(=O)OC(C)(C)C)C(C)C)cc1. The number of nitrogens with zero attached hydrogens (tertiary/aromatic N) is 1. The number of rotatable bonds is 11. The van der Waals surface area contributed by atoms with Crippen LogP contribution in [0.2, 0.25) is 0 Å². The molecule has 10 nitrogen and oxygen atoms in total. The minimum absolute atomic E-state index is 0.0582. The Morgan fingerprint density at radius 2 is 1.56 bits per heavy atom. The number of methoxy groups -OCH3 is 1. The second kappa shape index (κ2) is 13.6. The number of benzene rings is 2. The number of nitrogens with two attached hydrogens (primary N) is 1. The minimum atomic E-state index is -1.16. The van der Waals surface area contributed by atoms with Crippen LogP contribution in [-0.2, 0) is 19.1 Å². The van der Waals surface area contributed by atoms with Crippen molar-refractivity contribution < 1.29 is 28.7 Å². The summed E-state index contributed by atoms with van der Waals surface area (Å²) in [5.74, 6) is -0.987. The zero-order valence-corrected chi connectivity index (χ0v) is 23.7. The van der Waals surface area contributed by atoms with E-state index >= 15 is 0 Å². The van der Waals surface area contributed by atoms with Gasteiger partial charge in [0.15, 0.2) is 0 Å². The summed E-state index contributed by atoms with van der Waals surface area (Å²) in [7, 11) is 1.55. The Hall–Kier alpha value is -4.08. The summed E-state index contributed by atoms with van der Waals surface area (Å²) in [4.78, 5) is 53.4. The van der Waals surface area contributed by atoms with Gasteiger partial charge in [-0.1, -0.05) is 29.8 Å². The largest absolute Gasteiger partial charge is 0.497 e. The summed E-state index contributed by atoms with van der Waals surface area (Å²) in [6, 6.07) is 11.5. The topological polar surface area (TPSA) is 140 Å². The van der Waals surface area contributed by atoms with Crippen molar-refractivity contribution in [1.82, 2.24) is 10.2 Å². The van der Waals surface area contributed by atoms with Crippen molar-refractivity contribution in [3.8, 4) is 5.75 Å². The lowest BCUT2D eigenvalue weighted by atomic mass is 9.99. The number of nitrogens with one attached hydrogen (secondary N) is 2. The highest BCUT2D eigenvalue weighted by Crippen LogP contribution is 2.28. The van der Waals surface area contributed by atoms with Gasteiger partial charge >= 0.3 is 6.09 Å². The predicted octanol–water partition coefficient (Wildman–Crippen LogP) is 4.08. The van der Waals surface area contributed by atoms with E-state index in [1.165, 1.54) is 4.90 Å². The third kappa shape index (κ3) is 9.63. The molecule has 0 aliphatic heterocycles. The highest BCUT2D eigenvalue weighted by molar-refractivity contribution is 5.99. The lowest BCUT2D eigenvalue weighted by Gasteiger charge is -2.37. The van der Waals surface area contributed by atoms with Gasteiger partial charge in [-0.2, -0.15) is 0 Å². The van der Waals surface area contributed by atoms with Crippen LogP contribution in [0, 0.1) is 6.92 Å². The van der Waals surface area contributed by atoms with E-state index in [1.54, 1.807) is 78.1 Å². The van der Waals surface area contributed by atoms with Crippen LogP contribution in [0.1, 0.15) is 64.6 Å². The van der Waals surface area contributed by atoms with Crippen LogP contribution in [0.15, 0.2) is 48.5 Å². The van der Waals surface area contributed by atoms with Crippen molar-refractivity contribution >= 4 is 29.5 Å². The lowest BCUT2D eigenvalue weighted by Crippen LogP contribution is -2.54. The molecule has 0 saturated carbocycles. The van der Waals surface area contributed by atoms with Gasteiger partial charge in [0, 0.05) is 18.2 Å². The first-order valence-electron chi connectivity index (χ1n) is 12.8. The van der Waals surface area contributed by atoms with Crippen LogP contribution in [0.3, 0.4) is 0 Å². The Bertz CT molecular complexity index is 1140. The smallest absolute Gasteiger partial charge is 0.408 e. The molecule has 4 amide bonds. The second-order valence-electron chi connectivity index (χ2n) is 10.6. The van der Waals surface area contributed by atoms with Gasteiger partial charge in [-0.25, -0.2) is 4.79 Å². The Labute approximate surface area is 230 Å². The number of anilines is 1. The number of aryl methyl sites for hydroxylation is 1. The molecule has 4 N–H and O–H groups in total. The molecule has 0 spiro atoms. The van der Waals surface area contributed by atoms with E-state index in [9.17, 15) is 19.2 Å². The molecule has 2 aromatic carbocycles. The van der Waals surface area contributed by atoms with E-state index in [1.807, 2.05) is 19.1 Å². The van der Waals surface area contributed by atoms with Gasteiger partial charge in [-0.15, -0.1) is 0 Å². The molecule has 2 aromatic rings. The highest BCUT2D eigenvalue weighted by atomic mass is 16.6. The van der Waals surface area contributed by atoms with Crippen molar-refractivity contribution in [3.05, 3.63) is 59.7 Å². The molecule has 39 heavy (non-hydrogen) atoms. The summed E-state index contributed by atoms with van der Waals surface area (Å²) in [5.41, 5.74) is 6.63. The Kier molecular flexibility index (Phi) is 10.9. The van der Waals surface area contributed by atoms with Gasteiger partial charge in [-0.05, 0) is 77.8 Å². The van der Waals surface area contributed by atoms with Crippen molar-refractivity contribution in [2.75, 3.05) is 12.4 Å². The van der Waals surface area contributed by atoms with Gasteiger partial charge in [-0.3, -0.25) is 14.4 Å². The molecule has 0 fully saturated rings. The molecule has 2 atom stereocenters. The van der Waals surface area contributed by atoms with Gasteiger partial charge in [0.1, 0.15) is 23.4 Å². The first-order valence-corrected chi connectivity index (χ1v) is 12.8. The number of carbonyl (C=O) groups excluding carboxylic acids is 4. The number of amides is 4. The van der Waals surface area contributed by atoms with Gasteiger partial charge < -0.3 is 30.7 Å². The third-order valence-corrected chi connectivity index (χ3v) is 5.76. The number of alkyl carbamates (subject to hydrolysis) is 1.